The summed E-state index contributed by atoms with van der Waals surface area (Å²) in [4.78, 5) is 27.7. The van der Waals surface area contributed by atoms with Crippen molar-refractivity contribution in [3.8, 4) is 28.3 Å². The number of benzene rings is 3. The topological polar surface area (TPSA) is 106 Å². The van der Waals surface area contributed by atoms with Crippen LogP contribution in [0.3, 0.4) is 0 Å². The van der Waals surface area contributed by atoms with E-state index in [9.17, 15) is 27.2 Å². The molecule has 5 rings (SSSR count). The van der Waals surface area contributed by atoms with Gasteiger partial charge in [-0.3, -0.25) is 19.3 Å². The number of carboxylic acids is 1. The second-order valence-corrected chi connectivity index (χ2v) is 10.0. The molecule has 44 heavy (non-hydrogen) atoms. The van der Waals surface area contributed by atoms with Crippen molar-refractivity contribution in [2.75, 3.05) is 13.7 Å². The second kappa shape index (κ2) is 12.2. The predicted octanol–water partition coefficient (Wildman–Crippen LogP) is 6.75. The summed E-state index contributed by atoms with van der Waals surface area (Å²) in [6.45, 7) is 1.79. The first-order valence-corrected chi connectivity index (χ1v) is 13.5. The second-order valence-electron chi connectivity index (χ2n) is 10.0. The summed E-state index contributed by atoms with van der Waals surface area (Å²) >= 11 is 0. The number of nitrogens with zero attached hydrogens (tertiary/aromatic N) is 3. The molecule has 5 aromatic rings. The van der Waals surface area contributed by atoms with Gasteiger partial charge < -0.3 is 15.2 Å². The molecule has 12 heteroatoms. The number of carboxylic acid groups (broad SMARTS) is 1. The van der Waals surface area contributed by atoms with Gasteiger partial charge >= 0.3 is 12.1 Å². The lowest BCUT2D eigenvalue weighted by atomic mass is 10.0. The number of rotatable bonds is 9. The maximum Gasteiger partial charge on any atom is 0.416 e. The molecule has 226 valence electrons. The SMILES string of the molecule is COc1ccc2cc(-c3cc(-c4cc(C(F)(F)F)ccc4F)nn3C(C)c3ccc(C(=O)NCCC(=O)O)cc3)cnc2c1. The molecule has 0 aliphatic rings. The van der Waals surface area contributed by atoms with E-state index in [1.165, 1.54) is 6.07 Å². The van der Waals surface area contributed by atoms with Crippen LogP contribution in [0.1, 0.15) is 40.9 Å². The molecule has 0 saturated carbocycles. The van der Waals surface area contributed by atoms with Gasteiger partial charge in [-0.25, -0.2) is 4.39 Å². The molecule has 2 heterocycles. The number of halogens is 4. The van der Waals surface area contributed by atoms with Crippen LogP contribution in [0.25, 0.3) is 33.4 Å². The van der Waals surface area contributed by atoms with Crippen LogP contribution in [0.4, 0.5) is 17.6 Å². The number of ether oxygens (including phenoxy) is 1. The third-order valence-corrected chi connectivity index (χ3v) is 7.14. The fourth-order valence-electron chi connectivity index (χ4n) is 4.74. The van der Waals surface area contributed by atoms with Gasteiger partial charge in [-0.1, -0.05) is 12.1 Å². The van der Waals surface area contributed by atoms with Gasteiger partial charge in [-0.15, -0.1) is 0 Å². The summed E-state index contributed by atoms with van der Waals surface area (Å²) in [6.07, 6.45) is -3.29. The van der Waals surface area contributed by atoms with Gasteiger partial charge in [0.25, 0.3) is 5.91 Å². The highest BCUT2D eigenvalue weighted by atomic mass is 19.4. The number of hydrogen-bond donors (Lipinski definition) is 2. The van der Waals surface area contributed by atoms with Crippen molar-refractivity contribution in [2.24, 2.45) is 0 Å². The third-order valence-electron chi connectivity index (χ3n) is 7.14. The van der Waals surface area contributed by atoms with Gasteiger partial charge in [-0.2, -0.15) is 18.3 Å². The number of carbonyl (C=O) groups is 2. The Morgan fingerprint density at radius 1 is 1.02 bits per heavy atom. The van der Waals surface area contributed by atoms with E-state index < -0.39 is 35.5 Å². The van der Waals surface area contributed by atoms with Gasteiger partial charge in [0.2, 0.25) is 0 Å². The van der Waals surface area contributed by atoms with Crippen LogP contribution >= 0.6 is 0 Å². The average molecular weight is 607 g/mol. The third kappa shape index (κ3) is 6.38. The lowest BCUT2D eigenvalue weighted by Crippen LogP contribution is -2.26. The van der Waals surface area contributed by atoms with Crippen LogP contribution in [0.5, 0.6) is 5.75 Å². The Morgan fingerprint density at radius 3 is 2.45 bits per heavy atom. The minimum Gasteiger partial charge on any atom is -0.497 e. The number of amides is 1. The summed E-state index contributed by atoms with van der Waals surface area (Å²) in [7, 11) is 1.54. The maximum absolute atomic E-state index is 14.9. The van der Waals surface area contributed by atoms with Crippen LogP contribution in [0, 0.1) is 5.82 Å². The molecule has 1 unspecified atom stereocenters. The summed E-state index contributed by atoms with van der Waals surface area (Å²) in [6, 6.07) is 16.9. The van der Waals surface area contributed by atoms with Crippen LogP contribution < -0.4 is 10.1 Å². The first-order chi connectivity index (χ1) is 20.9. The lowest BCUT2D eigenvalue weighted by molar-refractivity contribution is -0.138. The Kier molecular flexibility index (Phi) is 8.34. The van der Waals surface area contributed by atoms with E-state index in [4.69, 9.17) is 9.84 Å². The molecule has 3 aromatic carbocycles. The van der Waals surface area contributed by atoms with Gasteiger partial charge in [-0.05, 0) is 67.1 Å². The number of methoxy groups -OCH3 is 1. The van der Waals surface area contributed by atoms with Crippen molar-refractivity contribution in [1.29, 1.82) is 0 Å². The van der Waals surface area contributed by atoms with E-state index in [2.05, 4.69) is 15.4 Å². The Bertz CT molecular complexity index is 1850. The monoisotopic (exact) mass is 606 g/mol. The number of aliphatic carboxylic acids is 1. The highest BCUT2D eigenvalue weighted by Gasteiger charge is 2.32. The number of alkyl halides is 3. The van der Waals surface area contributed by atoms with Crippen molar-refractivity contribution in [2.45, 2.75) is 25.6 Å². The number of pyridine rings is 1. The van der Waals surface area contributed by atoms with Gasteiger partial charge in [0.1, 0.15) is 11.6 Å². The van der Waals surface area contributed by atoms with Crippen LogP contribution in [-0.2, 0) is 11.0 Å². The van der Waals surface area contributed by atoms with Crippen LogP contribution in [0.2, 0.25) is 0 Å². The minimum atomic E-state index is -4.67. The quantitative estimate of drug-likeness (QED) is 0.180. The van der Waals surface area contributed by atoms with Crippen LogP contribution in [0.15, 0.2) is 79.0 Å². The maximum atomic E-state index is 14.9. The lowest BCUT2D eigenvalue weighted by Gasteiger charge is -2.17. The Balaban J connectivity index is 1.56. The standard InChI is InChI=1S/C32H26F4N4O4/c1-18(19-3-5-20(6-4-19)31(43)37-12-11-30(41)42)40-29(22-13-21-7-9-24(44-2)15-27(21)38-17-22)16-28(39-40)25-14-23(32(34,35)36)8-10-26(25)33/h3-10,13-18H,11-12H2,1-2H3,(H,37,43)(H,41,42). The van der Waals surface area contributed by atoms with E-state index in [0.29, 0.717) is 39.7 Å². The summed E-state index contributed by atoms with van der Waals surface area (Å²) in [5, 5.41) is 16.7. The average Bonchev–Trinajstić information content (AvgIpc) is 3.45. The molecular formula is C32H26F4N4O4. The van der Waals surface area contributed by atoms with Crippen molar-refractivity contribution in [1.82, 2.24) is 20.1 Å². The molecule has 2 aromatic heterocycles. The molecule has 1 amide bonds. The fraction of sp³-hybridized carbons (Fsp3) is 0.188. The molecule has 8 nitrogen and oxygen atoms in total. The molecule has 0 spiro atoms. The Hall–Kier alpha value is -5.26. The molecule has 0 radical (unpaired) electrons. The predicted molar refractivity (Wildman–Crippen MR) is 155 cm³/mol. The van der Waals surface area contributed by atoms with Gasteiger partial charge in [0, 0.05) is 40.9 Å². The summed E-state index contributed by atoms with van der Waals surface area (Å²) in [5.41, 5.74) is 1.43. The van der Waals surface area contributed by atoms with Crippen molar-refractivity contribution >= 4 is 22.8 Å². The Labute approximate surface area is 248 Å². The highest BCUT2D eigenvalue weighted by Crippen LogP contribution is 2.36. The largest absolute Gasteiger partial charge is 0.497 e. The van der Waals surface area contributed by atoms with E-state index in [1.807, 2.05) is 19.1 Å². The van der Waals surface area contributed by atoms with Crippen molar-refractivity contribution in [3.05, 3.63) is 102 Å². The summed E-state index contributed by atoms with van der Waals surface area (Å²) in [5.74, 6) is -1.71. The van der Waals surface area contributed by atoms with Crippen LogP contribution in [-0.4, -0.2) is 45.4 Å². The van der Waals surface area contributed by atoms with E-state index >= 15 is 0 Å². The minimum absolute atomic E-state index is 0.000272. The zero-order valence-corrected chi connectivity index (χ0v) is 23.5. The van der Waals surface area contributed by atoms with Gasteiger partial charge in [0.05, 0.1) is 42.0 Å². The molecule has 0 bridgehead atoms. The Morgan fingerprint density at radius 2 is 1.77 bits per heavy atom. The number of fused-ring (bicyclic) bond motifs is 1. The molecular weight excluding hydrogens is 580 g/mol. The molecule has 1 atom stereocenters. The van der Waals surface area contributed by atoms with E-state index in [0.717, 1.165) is 17.5 Å². The first kappa shape index (κ1) is 30.2. The molecule has 2 N–H and O–H groups in total. The zero-order chi connectivity index (χ0) is 31.6. The van der Waals surface area contributed by atoms with E-state index in [1.54, 1.807) is 54.4 Å². The fourth-order valence-corrected chi connectivity index (χ4v) is 4.74. The first-order valence-electron chi connectivity index (χ1n) is 13.5. The highest BCUT2D eigenvalue weighted by molar-refractivity contribution is 5.94. The van der Waals surface area contributed by atoms with Gasteiger partial charge in [0.15, 0.2) is 0 Å². The number of nitrogens with one attached hydrogen (secondary N) is 1. The molecule has 0 fully saturated rings. The van der Waals surface area contributed by atoms with Crippen molar-refractivity contribution in [3.63, 3.8) is 0 Å². The number of aromatic nitrogens is 3. The molecule has 0 aliphatic heterocycles. The van der Waals surface area contributed by atoms with E-state index in [-0.39, 0.29) is 24.2 Å². The van der Waals surface area contributed by atoms with Crippen molar-refractivity contribution < 1.29 is 37.0 Å². The normalized spacial score (nSPS) is 12.2. The zero-order valence-electron chi connectivity index (χ0n) is 23.5. The molecule has 0 aliphatic carbocycles. The smallest absolute Gasteiger partial charge is 0.416 e. The number of hydrogen-bond acceptors (Lipinski definition) is 5. The summed E-state index contributed by atoms with van der Waals surface area (Å²) < 4.78 is 62.2. The number of carbonyl (C=O) groups excluding carboxylic acids is 1. The molecule has 0 saturated heterocycles.